The predicted octanol–water partition coefficient (Wildman–Crippen LogP) is 3.30. The molecule has 0 heterocycles. The summed E-state index contributed by atoms with van der Waals surface area (Å²) in [7, 11) is 1.32. The van der Waals surface area contributed by atoms with Crippen LogP contribution in [0.25, 0.3) is 0 Å². The van der Waals surface area contributed by atoms with Gasteiger partial charge in [0.1, 0.15) is 0 Å². The van der Waals surface area contributed by atoms with Crippen molar-refractivity contribution >= 4 is 11.9 Å². The van der Waals surface area contributed by atoms with E-state index in [0.717, 1.165) is 31.3 Å². The molecule has 0 bridgehead atoms. The van der Waals surface area contributed by atoms with Gasteiger partial charge in [-0.2, -0.15) is 0 Å². The standard InChI is InChI=1S/C31H48O8/c1-26-15-20(34)23(35)27(2,16-32)21(26)8-9-29(4)22(26)7-6-18-19-14-30(17-33,25(38)39-5)11-13-31(19,24(36)37)12-10-28(18,29)3/h6,19-23,32-35H,7-17H2,1-5H3,(H,36,37)/t19-,20-,21+,22+,23-,26-,27-,28+,29+,30-,31+/m0/s1. The van der Waals surface area contributed by atoms with E-state index in [2.05, 4.69) is 26.8 Å². The Balaban J connectivity index is 1.61. The van der Waals surface area contributed by atoms with Crippen molar-refractivity contribution in [3.63, 3.8) is 0 Å². The van der Waals surface area contributed by atoms with Crippen LogP contribution in [0.3, 0.4) is 0 Å². The molecule has 8 nitrogen and oxygen atoms in total. The number of hydrogen-bond donors (Lipinski definition) is 5. The highest BCUT2D eigenvalue weighted by molar-refractivity contribution is 5.80. The summed E-state index contributed by atoms with van der Waals surface area (Å²) >= 11 is 0. The molecule has 0 spiro atoms. The van der Waals surface area contributed by atoms with Crippen LogP contribution in [-0.2, 0) is 14.3 Å². The maximum absolute atomic E-state index is 12.9. The van der Waals surface area contributed by atoms with Gasteiger partial charge in [0.15, 0.2) is 0 Å². The van der Waals surface area contributed by atoms with E-state index in [1.165, 1.54) is 7.11 Å². The van der Waals surface area contributed by atoms with Gasteiger partial charge in [-0.1, -0.05) is 39.3 Å². The number of carbonyl (C=O) groups excluding carboxylic acids is 1. The summed E-state index contributed by atoms with van der Waals surface area (Å²) in [6, 6.07) is 0. The van der Waals surface area contributed by atoms with Crippen LogP contribution >= 0.6 is 0 Å². The molecule has 0 amide bonds. The number of aliphatic hydroxyl groups is 4. The molecule has 0 aromatic carbocycles. The Morgan fingerprint density at radius 1 is 0.949 bits per heavy atom. The second-order valence-corrected chi connectivity index (χ2v) is 14.8. The normalized spacial score (nSPS) is 52.8. The van der Waals surface area contributed by atoms with Crippen LogP contribution in [0.2, 0.25) is 0 Å². The molecule has 5 aliphatic carbocycles. The van der Waals surface area contributed by atoms with Crippen LogP contribution in [0.4, 0.5) is 0 Å². The summed E-state index contributed by atoms with van der Waals surface area (Å²) < 4.78 is 5.11. The molecule has 5 rings (SSSR count). The second kappa shape index (κ2) is 9.01. The fourth-order valence-electron chi connectivity index (χ4n) is 11.1. The number of methoxy groups -OCH3 is 1. The van der Waals surface area contributed by atoms with Crippen LogP contribution < -0.4 is 0 Å². The molecule has 4 fully saturated rings. The molecule has 220 valence electrons. The molecule has 0 saturated heterocycles. The molecule has 0 aromatic rings. The molecule has 0 aliphatic heterocycles. The first-order chi connectivity index (χ1) is 18.2. The molecule has 0 radical (unpaired) electrons. The smallest absolute Gasteiger partial charge is 0.314 e. The van der Waals surface area contributed by atoms with Crippen molar-refractivity contribution in [3.8, 4) is 0 Å². The zero-order valence-corrected chi connectivity index (χ0v) is 24.2. The molecule has 11 atom stereocenters. The van der Waals surface area contributed by atoms with E-state index in [0.29, 0.717) is 25.7 Å². The van der Waals surface area contributed by atoms with Crippen LogP contribution in [0, 0.1) is 50.2 Å². The third kappa shape index (κ3) is 3.44. The van der Waals surface area contributed by atoms with E-state index in [1.54, 1.807) is 0 Å². The van der Waals surface area contributed by atoms with Crippen molar-refractivity contribution in [1.82, 2.24) is 0 Å². The molecular weight excluding hydrogens is 500 g/mol. The lowest BCUT2D eigenvalue weighted by Crippen LogP contribution is -2.68. The number of allylic oxidation sites excluding steroid dienone is 2. The molecule has 5 aliphatic rings. The van der Waals surface area contributed by atoms with Crippen molar-refractivity contribution < 1.29 is 39.9 Å². The predicted molar refractivity (Wildman–Crippen MR) is 143 cm³/mol. The summed E-state index contributed by atoms with van der Waals surface area (Å²) in [4.78, 5) is 25.9. The third-order valence-corrected chi connectivity index (χ3v) is 13.7. The fourth-order valence-corrected chi connectivity index (χ4v) is 11.1. The number of fused-ring (bicyclic) bond motifs is 7. The van der Waals surface area contributed by atoms with Crippen LogP contribution in [0.5, 0.6) is 0 Å². The highest BCUT2D eigenvalue weighted by Gasteiger charge is 2.71. The molecule has 4 saturated carbocycles. The molecule has 0 aromatic heterocycles. The fraction of sp³-hybridized carbons (Fsp3) is 0.871. The van der Waals surface area contributed by atoms with Crippen molar-refractivity contribution in [1.29, 1.82) is 0 Å². The molecule has 5 N–H and O–H groups in total. The summed E-state index contributed by atoms with van der Waals surface area (Å²) in [5.74, 6) is -1.45. The number of aliphatic carboxylic acids is 1. The number of ether oxygens (including phenoxy) is 1. The third-order valence-electron chi connectivity index (χ3n) is 13.7. The Morgan fingerprint density at radius 3 is 2.21 bits per heavy atom. The van der Waals surface area contributed by atoms with E-state index in [-0.39, 0.29) is 53.6 Å². The lowest BCUT2D eigenvalue weighted by molar-refractivity contribution is -0.243. The van der Waals surface area contributed by atoms with Gasteiger partial charge >= 0.3 is 11.9 Å². The van der Waals surface area contributed by atoms with Crippen molar-refractivity contribution in [2.75, 3.05) is 20.3 Å². The Kier molecular flexibility index (Phi) is 6.70. The van der Waals surface area contributed by atoms with E-state index in [9.17, 15) is 35.1 Å². The number of aliphatic hydroxyl groups excluding tert-OH is 4. The quantitative estimate of drug-likeness (QED) is 0.266. The largest absolute Gasteiger partial charge is 0.481 e. The van der Waals surface area contributed by atoms with Crippen molar-refractivity contribution in [2.24, 2.45) is 50.2 Å². The average Bonchev–Trinajstić information content (AvgIpc) is 2.91. The number of hydrogen-bond acceptors (Lipinski definition) is 7. The number of rotatable bonds is 4. The number of esters is 1. The summed E-state index contributed by atoms with van der Waals surface area (Å²) in [6.45, 7) is 8.18. The second-order valence-electron chi connectivity index (χ2n) is 14.8. The molecule has 39 heavy (non-hydrogen) atoms. The summed E-state index contributed by atoms with van der Waals surface area (Å²) in [5, 5.41) is 53.4. The first-order valence-electron chi connectivity index (χ1n) is 14.8. The first kappa shape index (κ1) is 29.0. The van der Waals surface area contributed by atoms with Gasteiger partial charge in [-0.15, -0.1) is 0 Å². The van der Waals surface area contributed by atoms with E-state index < -0.39 is 40.4 Å². The maximum Gasteiger partial charge on any atom is 0.314 e. The van der Waals surface area contributed by atoms with Gasteiger partial charge in [0, 0.05) is 5.41 Å². The van der Waals surface area contributed by atoms with Gasteiger partial charge in [0.25, 0.3) is 0 Å². The average molecular weight is 549 g/mol. The van der Waals surface area contributed by atoms with Gasteiger partial charge < -0.3 is 30.3 Å². The first-order valence-corrected chi connectivity index (χ1v) is 14.8. The lowest BCUT2D eigenvalue weighted by atomic mass is 9.33. The SMILES string of the molecule is COC(=O)[C@@]1(CO)CC[C@]2(C(=O)O)CC[C@]3(C)C(=CC[C@@H]4[C@@]5(C)C[C@H](O)[C@H](O)[C@@](C)(CO)[C@@H]5CC[C@]43C)[C@@H]2C1. The minimum Gasteiger partial charge on any atom is -0.481 e. The number of carboxylic acids is 1. The minimum absolute atomic E-state index is 0.0442. The summed E-state index contributed by atoms with van der Waals surface area (Å²) in [6.07, 6.45) is 5.33. The topological polar surface area (TPSA) is 145 Å². The van der Waals surface area contributed by atoms with Crippen molar-refractivity contribution in [3.05, 3.63) is 11.6 Å². The van der Waals surface area contributed by atoms with Gasteiger partial charge in [0.05, 0.1) is 43.4 Å². The Bertz CT molecular complexity index is 1070. The lowest BCUT2D eigenvalue weighted by Gasteiger charge is -2.71. The Morgan fingerprint density at radius 2 is 1.62 bits per heavy atom. The minimum atomic E-state index is -1.11. The van der Waals surface area contributed by atoms with E-state index in [4.69, 9.17) is 4.74 Å². The van der Waals surface area contributed by atoms with Crippen molar-refractivity contribution in [2.45, 2.75) is 97.7 Å². The van der Waals surface area contributed by atoms with Gasteiger partial charge in [-0.25, -0.2) is 0 Å². The maximum atomic E-state index is 12.9. The number of carboxylic acid groups (broad SMARTS) is 1. The monoisotopic (exact) mass is 548 g/mol. The Labute approximate surface area is 231 Å². The Hall–Kier alpha value is -1.48. The highest BCUT2D eigenvalue weighted by atomic mass is 16.5. The molecule has 8 heteroatoms. The molecular formula is C31H48O8. The summed E-state index contributed by atoms with van der Waals surface area (Å²) in [5.41, 5.74) is -2.60. The zero-order chi connectivity index (χ0) is 28.8. The molecule has 0 unspecified atom stereocenters. The van der Waals surface area contributed by atoms with Gasteiger partial charge in [0.2, 0.25) is 0 Å². The van der Waals surface area contributed by atoms with Crippen LogP contribution in [0.1, 0.15) is 85.5 Å². The van der Waals surface area contributed by atoms with E-state index >= 15 is 0 Å². The van der Waals surface area contributed by atoms with Gasteiger partial charge in [-0.3, -0.25) is 9.59 Å². The zero-order valence-electron chi connectivity index (χ0n) is 24.2. The van der Waals surface area contributed by atoms with Gasteiger partial charge in [-0.05, 0) is 91.8 Å². The highest BCUT2D eigenvalue weighted by Crippen LogP contribution is 2.75. The number of carbonyl (C=O) groups is 2. The van der Waals surface area contributed by atoms with Crippen LogP contribution in [-0.4, -0.2) is 70.0 Å². The van der Waals surface area contributed by atoms with E-state index in [1.807, 2.05) is 6.92 Å². The van der Waals surface area contributed by atoms with Crippen LogP contribution in [0.15, 0.2) is 11.6 Å².